The van der Waals surface area contributed by atoms with E-state index in [4.69, 9.17) is 4.74 Å². The minimum absolute atomic E-state index is 0.0912. The SMILES string of the molecule is CCCCCC(Br)OC(C)=O. The Balaban J connectivity index is 3.22. The van der Waals surface area contributed by atoms with E-state index in [0.717, 1.165) is 12.8 Å². The summed E-state index contributed by atoms with van der Waals surface area (Å²) in [4.78, 5) is 10.4. The molecule has 0 amide bonds. The second kappa shape index (κ2) is 6.65. The Kier molecular flexibility index (Phi) is 6.62. The Labute approximate surface area is 76.4 Å². The van der Waals surface area contributed by atoms with E-state index in [-0.39, 0.29) is 11.0 Å². The predicted molar refractivity (Wildman–Crippen MR) is 48.6 cm³/mol. The Morgan fingerprint density at radius 2 is 2.18 bits per heavy atom. The first-order valence-electron chi connectivity index (χ1n) is 3.98. The fraction of sp³-hybridized carbons (Fsp3) is 0.875. The van der Waals surface area contributed by atoms with Gasteiger partial charge in [0.05, 0.1) is 0 Å². The standard InChI is InChI=1S/C8H15BrO2/c1-3-4-5-6-8(9)11-7(2)10/h8H,3-6H2,1-2H3. The summed E-state index contributed by atoms with van der Waals surface area (Å²) in [6.07, 6.45) is 4.41. The minimum Gasteiger partial charge on any atom is -0.451 e. The normalized spacial score (nSPS) is 12.6. The van der Waals surface area contributed by atoms with Crippen LogP contribution in [0.3, 0.4) is 0 Å². The van der Waals surface area contributed by atoms with Crippen LogP contribution in [-0.4, -0.2) is 11.0 Å². The van der Waals surface area contributed by atoms with Gasteiger partial charge in [-0.05, 0) is 28.8 Å². The monoisotopic (exact) mass is 222 g/mol. The highest BCUT2D eigenvalue weighted by Crippen LogP contribution is 2.12. The van der Waals surface area contributed by atoms with Gasteiger partial charge in [-0.3, -0.25) is 4.79 Å². The molecule has 1 atom stereocenters. The van der Waals surface area contributed by atoms with Crippen LogP contribution in [0.2, 0.25) is 0 Å². The molecular formula is C8H15BrO2. The molecule has 0 spiro atoms. The molecule has 3 heteroatoms. The number of carbonyl (C=O) groups is 1. The molecule has 0 aliphatic heterocycles. The molecule has 0 aromatic carbocycles. The Hall–Kier alpha value is -0.0500. The van der Waals surface area contributed by atoms with Crippen molar-refractivity contribution in [1.29, 1.82) is 0 Å². The van der Waals surface area contributed by atoms with Gasteiger partial charge < -0.3 is 4.74 Å². The van der Waals surface area contributed by atoms with Crippen LogP contribution in [0.5, 0.6) is 0 Å². The predicted octanol–water partition coefficient (Wildman–Crippen LogP) is 2.85. The average Bonchev–Trinajstić information content (AvgIpc) is 1.86. The van der Waals surface area contributed by atoms with E-state index in [1.807, 2.05) is 0 Å². The van der Waals surface area contributed by atoms with Crippen LogP contribution < -0.4 is 0 Å². The first-order chi connectivity index (χ1) is 5.16. The zero-order valence-electron chi connectivity index (χ0n) is 7.10. The molecule has 0 bridgehead atoms. The molecular weight excluding hydrogens is 208 g/mol. The third-order valence-electron chi connectivity index (χ3n) is 1.33. The second-order valence-electron chi connectivity index (χ2n) is 2.52. The number of hydrogen-bond acceptors (Lipinski definition) is 2. The first-order valence-corrected chi connectivity index (χ1v) is 4.89. The Morgan fingerprint density at radius 1 is 1.55 bits per heavy atom. The molecule has 0 aliphatic carbocycles. The van der Waals surface area contributed by atoms with E-state index in [1.54, 1.807) is 0 Å². The second-order valence-corrected chi connectivity index (χ2v) is 3.54. The zero-order valence-corrected chi connectivity index (χ0v) is 8.69. The average molecular weight is 223 g/mol. The number of unbranched alkanes of at least 4 members (excludes halogenated alkanes) is 2. The van der Waals surface area contributed by atoms with Gasteiger partial charge in [-0.15, -0.1) is 0 Å². The van der Waals surface area contributed by atoms with Crippen LogP contribution in [0.1, 0.15) is 39.5 Å². The van der Waals surface area contributed by atoms with Crippen LogP contribution in [0.4, 0.5) is 0 Å². The van der Waals surface area contributed by atoms with Crippen molar-refractivity contribution in [3.05, 3.63) is 0 Å². The fourth-order valence-corrected chi connectivity index (χ4v) is 1.38. The molecule has 0 heterocycles. The molecule has 2 nitrogen and oxygen atoms in total. The third kappa shape index (κ3) is 7.85. The van der Waals surface area contributed by atoms with E-state index in [2.05, 4.69) is 22.9 Å². The van der Waals surface area contributed by atoms with Gasteiger partial charge in [0.2, 0.25) is 0 Å². The van der Waals surface area contributed by atoms with Crippen LogP contribution in [0, 0.1) is 0 Å². The van der Waals surface area contributed by atoms with Gasteiger partial charge >= 0.3 is 5.97 Å². The summed E-state index contributed by atoms with van der Waals surface area (Å²) in [7, 11) is 0. The van der Waals surface area contributed by atoms with E-state index in [0.29, 0.717) is 0 Å². The lowest BCUT2D eigenvalue weighted by molar-refractivity contribution is -0.142. The van der Waals surface area contributed by atoms with Crippen molar-refractivity contribution in [2.24, 2.45) is 0 Å². The van der Waals surface area contributed by atoms with Gasteiger partial charge in [0.15, 0.2) is 5.01 Å². The molecule has 0 saturated carbocycles. The topological polar surface area (TPSA) is 26.3 Å². The Bertz CT molecular complexity index is 115. The van der Waals surface area contributed by atoms with Crippen molar-refractivity contribution < 1.29 is 9.53 Å². The summed E-state index contributed by atoms with van der Waals surface area (Å²) < 4.78 is 4.87. The van der Waals surface area contributed by atoms with E-state index < -0.39 is 0 Å². The van der Waals surface area contributed by atoms with Gasteiger partial charge in [-0.2, -0.15) is 0 Å². The summed E-state index contributed by atoms with van der Waals surface area (Å²) >= 11 is 3.27. The van der Waals surface area contributed by atoms with Crippen molar-refractivity contribution in [2.45, 2.75) is 44.5 Å². The van der Waals surface area contributed by atoms with Crippen molar-refractivity contribution >= 4 is 21.9 Å². The summed E-state index contributed by atoms with van der Waals surface area (Å²) in [5.74, 6) is -0.219. The van der Waals surface area contributed by atoms with Gasteiger partial charge in [-0.25, -0.2) is 0 Å². The lowest BCUT2D eigenvalue weighted by Crippen LogP contribution is -2.08. The van der Waals surface area contributed by atoms with Crippen LogP contribution >= 0.6 is 15.9 Å². The summed E-state index contributed by atoms with van der Waals surface area (Å²) in [5, 5.41) is -0.0912. The smallest absolute Gasteiger partial charge is 0.303 e. The molecule has 0 aliphatic rings. The quantitative estimate of drug-likeness (QED) is 0.407. The molecule has 0 saturated heterocycles. The number of carbonyl (C=O) groups excluding carboxylic acids is 1. The largest absolute Gasteiger partial charge is 0.451 e. The molecule has 0 N–H and O–H groups in total. The molecule has 0 fully saturated rings. The van der Waals surface area contributed by atoms with Crippen LogP contribution in [0.15, 0.2) is 0 Å². The number of rotatable bonds is 5. The lowest BCUT2D eigenvalue weighted by atomic mass is 10.2. The maximum Gasteiger partial charge on any atom is 0.303 e. The summed E-state index contributed by atoms with van der Waals surface area (Å²) in [6, 6.07) is 0. The van der Waals surface area contributed by atoms with Crippen molar-refractivity contribution in [2.75, 3.05) is 0 Å². The van der Waals surface area contributed by atoms with Crippen molar-refractivity contribution in [3.8, 4) is 0 Å². The first kappa shape index (κ1) is 11.0. The zero-order chi connectivity index (χ0) is 8.69. The molecule has 0 rings (SSSR count). The van der Waals surface area contributed by atoms with Gasteiger partial charge in [0, 0.05) is 6.92 Å². The van der Waals surface area contributed by atoms with E-state index >= 15 is 0 Å². The summed E-state index contributed by atoms with van der Waals surface area (Å²) in [5.41, 5.74) is 0. The third-order valence-corrected chi connectivity index (χ3v) is 1.97. The fourth-order valence-electron chi connectivity index (χ4n) is 0.794. The van der Waals surface area contributed by atoms with Crippen molar-refractivity contribution in [3.63, 3.8) is 0 Å². The molecule has 0 aromatic heterocycles. The summed E-state index contributed by atoms with van der Waals surface area (Å²) in [6.45, 7) is 3.57. The number of alkyl halides is 1. The van der Waals surface area contributed by atoms with E-state index in [1.165, 1.54) is 19.8 Å². The highest BCUT2D eigenvalue weighted by Gasteiger charge is 2.05. The van der Waals surface area contributed by atoms with Gasteiger partial charge in [0.25, 0.3) is 0 Å². The highest BCUT2D eigenvalue weighted by atomic mass is 79.9. The van der Waals surface area contributed by atoms with Crippen molar-refractivity contribution in [1.82, 2.24) is 0 Å². The molecule has 1 unspecified atom stereocenters. The molecule has 0 aromatic rings. The van der Waals surface area contributed by atoms with Gasteiger partial charge in [-0.1, -0.05) is 19.8 Å². The van der Waals surface area contributed by atoms with Crippen LogP contribution in [0.25, 0.3) is 0 Å². The highest BCUT2D eigenvalue weighted by molar-refractivity contribution is 9.09. The lowest BCUT2D eigenvalue weighted by Gasteiger charge is -2.08. The number of halogens is 1. The van der Waals surface area contributed by atoms with Crippen LogP contribution in [-0.2, 0) is 9.53 Å². The minimum atomic E-state index is -0.219. The number of hydrogen-bond donors (Lipinski definition) is 0. The molecule has 0 radical (unpaired) electrons. The molecule has 11 heavy (non-hydrogen) atoms. The Morgan fingerprint density at radius 3 is 2.64 bits per heavy atom. The van der Waals surface area contributed by atoms with E-state index in [9.17, 15) is 4.79 Å². The number of esters is 1. The molecule has 66 valence electrons. The maximum atomic E-state index is 10.4. The maximum absolute atomic E-state index is 10.4. The van der Waals surface area contributed by atoms with Gasteiger partial charge in [0.1, 0.15) is 0 Å². The number of ether oxygens (including phenoxy) is 1.